The fraction of sp³-hybridized carbons (Fsp3) is 0.208. The Labute approximate surface area is 188 Å². The van der Waals surface area contributed by atoms with Gasteiger partial charge in [0.2, 0.25) is 0 Å². The standard InChI is InChI=1S/C24H26N2O5S/c1-4-26(32(28,29)21-8-6-5-7-9-21)19-11-13-20(14-12-19)31-17-24(27)25-22-16-18(2)10-15-23(22)30-3/h5-16H,4,17H2,1-3H3,(H,25,27). The van der Waals surface area contributed by atoms with Crippen molar-refractivity contribution in [2.75, 3.05) is 29.9 Å². The molecule has 168 valence electrons. The summed E-state index contributed by atoms with van der Waals surface area (Å²) in [6.45, 7) is 3.77. The van der Waals surface area contributed by atoms with Gasteiger partial charge in [-0.3, -0.25) is 9.10 Å². The third kappa shape index (κ3) is 5.39. The van der Waals surface area contributed by atoms with E-state index < -0.39 is 10.0 Å². The van der Waals surface area contributed by atoms with Crippen molar-refractivity contribution in [3.05, 3.63) is 78.4 Å². The molecule has 3 aromatic rings. The van der Waals surface area contributed by atoms with E-state index in [1.807, 2.05) is 19.1 Å². The van der Waals surface area contributed by atoms with Gasteiger partial charge in [-0.2, -0.15) is 0 Å². The lowest BCUT2D eigenvalue weighted by atomic mass is 10.2. The highest BCUT2D eigenvalue weighted by Crippen LogP contribution is 2.27. The van der Waals surface area contributed by atoms with Crippen molar-refractivity contribution < 1.29 is 22.7 Å². The highest BCUT2D eigenvalue weighted by molar-refractivity contribution is 7.92. The number of benzene rings is 3. The number of hydrogen-bond acceptors (Lipinski definition) is 5. The summed E-state index contributed by atoms with van der Waals surface area (Å²) < 4.78 is 38.0. The molecule has 0 saturated carbocycles. The first-order valence-corrected chi connectivity index (χ1v) is 11.5. The Kier molecular flexibility index (Phi) is 7.37. The zero-order chi connectivity index (χ0) is 23.1. The number of carbonyl (C=O) groups is 1. The van der Waals surface area contributed by atoms with E-state index in [0.29, 0.717) is 22.9 Å². The normalized spacial score (nSPS) is 11.0. The maximum Gasteiger partial charge on any atom is 0.264 e. The van der Waals surface area contributed by atoms with E-state index in [-0.39, 0.29) is 24.0 Å². The van der Waals surface area contributed by atoms with Crippen LogP contribution in [0.25, 0.3) is 0 Å². The van der Waals surface area contributed by atoms with Gasteiger partial charge in [0.1, 0.15) is 11.5 Å². The summed E-state index contributed by atoms with van der Waals surface area (Å²) in [4.78, 5) is 12.5. The molecule has 0 aliphatic rings. The third-order valence-corrected chi connectivity index (χ3v) is 6.66. The lowest BCUT2D eigenvalue weighted by Gasteiger charge is -2.23. The average Bonchev–Trinajstić information content (AvgIpc) is 2.79. The SMILES string of the molecule is CCN(c1ccc(OCC(=O)Nc2cc(C)ccc2OC)cc1)S(=O)(=O)c1ccccc1. The Bertz CT molecular complexity index is 1160. The first-order chi connectivity index (χ1) is 15.3. The molecule has 1 amide bonds. The maximum atomic E-state index is 12.9. The van der Waals surface area contributed by atoms with Gasteiger partial charge in [-0.1, -0.05) is 24.3 Å². The quantitative estimate of drug-likeness (QED) is 0.523. The Morgan fingerprint density at radius 3 is 2.31 bits per heavy atom. The number of hydrogen-bond donors (Lipinski definition) is 1. The van der Waals surface area contributed by atoms with Crippen LogP contribution in [0.4, 0.5) is 11.4 Å². The molecule has 0 spiro atoms. The van der Waals surface area contributed by atoms with Crippen molar-refractivity contribution in [3.63, 3.8) is 0 Å². The fourth-order valence-corrected chi connectivity index (χ4v) is 4.67. The van der Waals surface area contributed by atoms with Gasteiger partial charge < -0.3 is 14.8 Å². The Balaban J connectivity index is 1.65. The van der Waals surface area contributed by atoms with E-state index >= 15 is 0 Å². The molecule has 0 aromatic heterocycles. The maximum absolute atomic E-state index is 12.9. The minimum absolute atomic E-state index is 0.198. The van der Waals surface area contributed by atoms with Crippen molar-refractivity contribution in [1.29, 1.82) is 0 Å². The zero-order valence-electron chi connectivity index (χ0n) is 18.2. The molecule has 0 radical (unpaired) electrons. The van der Waals surface area contributed by atoms with Crippen LogP contribution in [0.3, 0.4) is 0 Å². The summed E-state index contributed by atoms with van der Waals surface area (Å²) in [7, 11) is -2.13. The predicted molar refractivity (Wildman–Crippen MR) is 125 cm³/mol. The summed E-state index contributed by atoms with van der Waals surface area (Å²) in [5.41, 5.74) is 2.07. The molecule has 0 bridgehead atoms. The van der Waals surface area contributed by atoms with Gasteiger partial charge in [0.15, 0.2) is 6.61 Å². The van der Waals surface area contributed by atoms with Gasteiger partial charge >= 0.3 is 0 Å². The molecule has 7 nitrogen and oxygen atoms in total. The van der Waals surface area contributed by atoms with Crippen molar-refractivity contribution in [2.24, 2.45) is 0 Å². The molecule has 3 aromatic carbocycles. The molecule has 0 heterocycles. The van der Waals surface area contributed by atoms with Crippen LogP contribution in [0.1, 0.15) is 12.5 Å². The zero-order valence-corrected chi connectivity index (χ0v) is 19.1. The van der Waals surface area contributed by atoms with Gasteiger partial charge in [-0.25, -0.2) is 8.42 Å². The van der Waals surface area contributed by atoms with Crippen LogP contribution in [0.2, 0.25) is 0 Å². The second-order valence-corrected chi connectivity index (χ2v) is 8.88. The van der Waals surface area contributed by atoms with E-state index in [2.05, 4.69) is 5.32 Å². The minimum atomic E-state index is -3.67. The van der Waals surface area contributed by atoms with Crippen LogP contribution in [0.5, 0.6) is 11.5 Å². The molecule has 3 rings (SSSR count). The molecular weight excluding hydrogens is 428 g/mol. The summed E-state index contributed by atoms with van der Waals surface area (Å²) >= 11 is 0. The van der Waals surface area contributed by atoms with Crippen LogP contribution in [0, 0.1) is 6.92 Å². The number of amides is 1. The number of ether oxygens (including phenoxy) is 2. The van der Waals surface area contributed by atoms with Crippen molar-refractivity contribution in [2.45, 2.75) is 18.7 Å². The number of anilines is 2. The summed E-state index contributed by atoms with van der Waals surface area (Å²) in [5, 5.41) is 2.77. The van der Waals surface area contributed by atoms with E-state index in [4.69, 9.17) is 9.47 Å². The highest BCUT2D eigenvalue weighted by atomic mass is 32.2. The molecule has 0 aliphatic heterocycles. The Morgan fingerprint density at radius 1 is 1.00 bits per heavy atom. The molecule has 32 heavy (non-hydrogen) atoms. The van der Waals surface area contributed by atoms with Crippen LogP contribution < -0.4 is 19.1 Å². The van der Waals surface area contributed by atoms with E-state index in [1.54, 1.807) is 67.6 Å². The minimum Gasteiger partial charge on any atom is -0.495 e. The van der Waals surface area contributed by atoms with Crippen LogP contribution in [0.15, 0.2) is 77.7 Å². The number of carbonyl (C=O) groups excluding carboxylic acids is 1. The molecule has 0 aliphatic carbocycles. The first-order valence-electron chi connectivity index (χ1n) is 10.1. The van der Waals surface area contributed by atoms with Gasteiger partial charge in [0.05, 0.1) is 23.4 Å². The largest absolute Gasteiger partial charge is 0.495 e. The molecule has 0 fully saturated rings. The summed E-state index contributed by atoms with van der Waals surface area (Å²) in [6, 6.07) is 20.4. The van der Waals surface area contributed by atoms with Crippen LogP contribution >= 0.6 is 0 Å². The molecule has 8 heteroatoms. The third-order valence-electron chi connectivity index (χ3n) is 4.74. The molecule has 0 saturated heterocycles. The molecule has 0 unspecified atom stereocenters. The van der Waals surface area contributed by atoms with Crippen molar-refractivity contribution >= 4 is 27.3 Å². The average molecular weight is 455 g/mol. The van der Waals surface area contributed by atoms with E-state index in [9.17, 15) is 13.2 Å². The van der Waals surface area contributed by atoms with Gasteiger partial charge in [-0.15, -0.1) is 0 Å². The monoisotopic (exact) mass is 454 g/mol. The van der Waals surface area contributed by atoms with Crippen LogP contribution in [-0.2, 0) is 14.8 Å². The second kappa shape index (κ2) is 10.2. The first kappa shape index (κ1) is 23.1. The molecule has 1 N–H and O–H groups in total. The lowest BCUT2D eigenvalue weighted by Crippen LogP contribution is -2.30. The number of aryl methyl sites for hydroxylation is 1. The number of nitrogens with zero attached hydrogens (tertiary/aromatic N) is 1. The number of sulfonamides is 1. The lowest BCUT2D eigenvalue weighted by molar-refractivity contribution is -0.118. The Hall–Kier alpha value is -3.52. The highest BCUT2D eigenvalue weighted by Gasteiger charge is 2.23. The smallest absolute Gasteiger partial charge is 0.264 e. The van der Waals surface area contributed by atoms with Gasteiger partial charge in [0.25, 0.3) is 15.9 Å². The van der Waals surface area contributed by atoms with E-state index in [1.165, 1.54) is 11.4 Å². The number of methoxy groups -OCH3 is 1. The Morgan fingerprint density at radius 2 is 1.69 bits per heavy atom. The van der Waals surface area contributed by atoms with Crippen molar-refractivity contribution in [1.82, 2.24) is 0 Å². The number of nitrogens with one attached hydrogen (secondary N) is 1. The van der Waals surface area contributed by atoms with Gasteiger partial charge in [-0.05, 0) is 67.9 Å². The summed E-state index contributed by atoms with van der Waals surface area (Å²) in [5.74, 6) is 0.681. The fourth-order valence-electron chi connectivity index (χ4n) is 3.17. The molecule has 0 atom stereocenters. The van der Waals surface area contributed by atoms with E-state index in [0.717, 1.165) is 5.56 Å². The number of rotatable bonds is 9. The molecular formula is C24H26N2O5S. The topological polar surface area (TPSA) is 84.9 Å². The summed E-state index contributed by atoms with van der Waals surface area (Å²) in [6.07, 6.45) is 0. The predicted octanol–water partition coefficient (Wildman–Crippen LogP) is 4.24. The van der Waals surface area contributed by atoms with Crippen molar-refractivity contribution in [3.8, 4) is 11.5 Å². The van der Waals surface area contributed by atoms with Crippen LogP contribution in [-0.4, -0.2) is 34.6 Å². The second-order valence-electron chi connectivity index (χ2n) is 7.02. The van der Waals surface area contributed by atoms with Gasteiger partial charge in [0, 0.05) is 6.54 Å².